The Morgan fingerprint density at radius 3 is 2.43 bits per heavy atom. The number of ether oxygens (including phenoxy) is 2. The Morgan fingerprint density at radius 1 is 1.05 bits per heavy atom. The molecule has 0 spiro atoms. The van der Waals surface area contributed by atoms with E-state index in [1.54, 1.807) is 7.11 Å². The molecule has 8 rings (SSSR count). The van der Waals surface area contributed by atoms with Crippen molar-refractivity contribution in [2.24, 2.45) is 0 Å². The number of aliphatic hydroxyl groups excluding tert-OH is 1. The number of carbonyl (C=O) groups excluding carboxylic acids is 1. The highest BCUT2D eigenvalue weighted by Crippen LogP contribution is 2.54. The summed E-state index contributed by atoms with van der Waals surface area (Å²) in [5.74, 6) is -0.0579. The van der Waals surface area contributed by atoms with Crippen molar-refractivity contribution in [1.82, 2.24) is 19.4 Å². The number of hydrogen-bond donors (Lipinski definition) is 2. The van der Waals surface area contributed by atoms with E-state index < -0.39 is 24.2 Å². The maximum Gasteiger partial charge on any atom is 0.252 e. The van der Waals surface area contributed by atoms with Crippen molar-refractivity contribution >= 4 is 49.5 Å². The lowest BCUT2D eigenvalue weighted by Crippen LogP contribution is -2.65. The number of likely N-dealkylation sites (N-methyl/N-ethyl adjacent to an activating group) is 1. The minimum atomic E-state index is -0.938. The molecule has 0 radical (unpaired) electrons. The molecule has 5 aromatic rings. The molecule has 3 aromatic carbocycles. The van der Waals surface area contributed by atoms with E-state index in [1.165, 1.54) is 0 Å². The fourth-order valence-corrected chi connectivity index (χ4v) is 7.57. The molecule has 0 saturated carbocycles. The van der Waals surface area contributed by atoms with Gasteiger partial charge in [-0.15, -0.1) is 0 Å². The predicted octanol–water partition coefficient (Wildman–Crippen LogP) is 3.67. The van der Waals surface area contributed by atoms with Gasteiger partial charge < -0.3 is 33.9 Å². The number of nitrogens with one attached hydrogen (secondary N) is 1. The van der Waals surface area contributed by atoms with Gasteiger partial charge in [0.05, 0.1) is 33.7 Å². The summed E-state index contributed by atoms with van der Waals surface area (Å²) in [6, 6.07) is 16.1. The van der Waals surface area contributed by atoms with Crippen LogP contribution in [0.2, 0.25) is 0 Å². The van der Waals surface area contributed by atoms with E-state index in [-0.39, 0.29) is 11.9 Å². The fraction of sp³-hybridized carbons (Fsp3) is 0.345. The van der Waals surface area contributed by atoms with E-state index in [4.69, 9.17) is 9.47 Å². The molecule has 2 aromatic heterocycles. The zero-order chi connectivity index (χ0) is 25.4. The maximum atomic E-state index is 13.4. The van der Waals surface area contributed by atoms with Crippen LogP contribution >= 0.6 is 0 Å². The largest absolute Gasteiger partial charge is 0.387 e. The van der Waals surface area contributed by atoms with Crippen LogP contribution in [0.5, 0.6) is 0 Å². The van der Waals surface area contributed by atoms with Gasteiger partial charge in [-0.25, -0.2) is 0 Å². The Bertz CT molecular complexity index is 1820. The van der Waals surface area contributed by atoms with Crippen molar-refractivity contribution in [2.45, 2.75) is 43.7 Å². The van der Waals surface area contributed by atoms with E-state index in [0.717, 1.165) is 54.7 Å². The monoisotopic (exact) mass is 496 g/mol. The second-order valence-electron chi connectivity index (χ2n) is 10.9. The molecule has 2 unspecified atom stereocenters. The number of methoxy groups -OCH3 is 1. The number of aromatic nitrogens is 2. The average Bonchev–Trinajstić information content (AvgIpc) is 3.52. The molecule has 2 bridgehead atoms. The SMILES string of the molecule is CO[C@H]1[C@@H](N(C)C)[C@H](O)C2OC1(C)n1c3ccccc3c3c4c(c5c6ccccc6n2c5c31)C(=O)NC4. The first-order chi connectivity index (χ1) is 17.9. The van der Waals surface area contributed by atoms with E-state index in [2.05, 4.69) is 45.6 Å². The van der Waals surface area contributed by atoms with Gasteiger partial charge in [0.2, 0.25) is 0 Å². The molecule has 5 heterocycles. The molecule has 3 aliphatic rings. The molecule has 2 N–H and O–H groups in total. The third-order valence-electron chi connectivity index (χ3n) is 8.90. The van der Waals surface area contributed by atoms with E-state index in [0.29, 0.717) is 6.54 Å². The summed E-state index contributed by atoms with van der Waals surface area (Å²) in [6.45, 7) is 2.55. The number of rotatable bonds is 2. The standard InChI is InChI=1S/C29H28N4O4/c1-29-26(36-4)24(31(2)3)25(34)28(37-29)32-17-11-7-5-9-14(17)20-21-16(13-30-27(21)35)19-15-10-6-8-12-18(15)33(29)23(19)22(20)32/h5-12,24-26,28,34H,13H2,1-4H3,(H,30,35)/t24-,25-,26-,28?,29?/m0/s1. The van der Waals surface area contributed by atoms with Crippen molar-refractivity contribution in [3.8, 4) is 0 Å². The van der Waals surface area contributed by atoms with Crippen molar-refractivity contribution in [2.75, 3.05) is 21.2 Å². The first-order valence-corrected chi connectivity index (χ1v) is 12.7. The molecule has 5 atom stereocenters. The molecule has 8 heteroatoms. The van der Waals surface area contributed by atoms with Gasteiger partial charge in [-0.1, -0.05) is 36.4 Å². The van der Waals surface area contributed by atoms with Gasteiger partial charge in [-0.3, -0.25) is 4.79 Å². The van der Waals surface area contributed by atoms with Gasteiger partial charge >= 0.3 is 0 Å². The molecule has 3 aliphatic heterocycles. The highest BCUT2D eigenvalue weighted by molar-refractivity contribution is 6.31. The topological polar surface area (TPSA) is 80.9 Å². The van der Waals surface area contributed by atoms with Crippen molar-refractivity contribution in [3.63, 3.8) is 0 Å². The molecule has 188 valence electrons. The minimum Gasteiger partial charge on any atom is -0.387 e. The maximum absolute atomic E-state index is 13.4. The first-order valence-electron chi connectivity index (χ1n) is 12.7. The quantitative estimate of drug-likeness (QED) is 0.390. The number of hydrogen-bond acceptors (Lipinski definition) is 5. The van der Waals surface area contributed by atoms with E-state index in [9.17, 15) is 9.90 Å². The van der Waals surface area contributed by atoms with Gasteiger partial charge in [-0.2, -0.15) is 0 Å². The molecule has 0 aliphatic carbocycles. The van der Waals surface area contributed by atoms with Gasteiger partial charge in [0, 0.05) is 35.2 Å². The molecule has 1 saturated heterocycles. The second kappa shape index (κ2) is 6.90. The summed E-state index contributed by atoms with van der Waals surface area (Å²) < 4.78 is 17.6. The predicted molar refractivity (Wildman–Crippen MR) is 142 cm³/mol. The smallest absolute Gasteiger partial charge is 0.252 e. The number of amides is 1. The third-order valence-corrected chi connectivity index (χ3v) is 8.90. The van der Waals surface area contributed by atoms with Gasteiger partial charge in [0.25, 0.3) is 5.91 Å². The van der Waals surface area contributed by atoms with Gasteiger partial charge in [0.1, 0.15) is 12.2 Å². The summed E-state index contributed by atoms with van der Waals surface area (Å²) in [5, 5.41) is 19.0. The molecular formula is C29H28N4O4. The second-order valence-corrected chi connectivity index (χ2v) is 10.9. The Hall–Kier alpha value is -3.43. The van der Waals surface area contributed by atoms with Crippen molar-refractivity contribution in [1.29, 1.82) is 0 Å². The lowest BCUT2D eigenvalue weighted by atomic mass is 9.90. The fourth-order valence-electron chi connectivity index (χ4n) is 7.57. The van der Waals surface area contributed by atoms with Gasteiger partial charge in [-0.05, 0) is 38.7 Å². The lowest BCUT2D eigenvalue weighted by molar-refractivity contribution is -0.300. The lowest BCUT2D eigenvalue weighted by Gasteiger charge is -2.52. The van der Waals surface area contributed by atoms with Crippen LogP contribution in [-0.4, -0.2) is 64.5 Å². The average molecular weight is 497 g/mol. The Balaban J connectivity index is 1.71. The van der Waals surface area contributed by atoms with Crippen LogP contribution in [-0.2, 0) is 21.7 Å². The molecule has 1 amide bonds. The number of para-hydroxylation sites is 2. The Morgan fingerprint density at radius 2 is 1.73 bits per heavy atom. The van der Waals surface area contributed by atoms with Crippen LogP contribution < -0.4 is 5.32 Å². The van der Waals surface area contributed by atoms with Crippen LogP contribution in [0, 0.1) is 0 Å². The number of fused-ring (bicyclic) bond motifs is 13. The number of nitrogens with zero attached hydrogens (tertiary/aromatic N) is 3. The van der Waals surface area contributed by atoms with Crippen LogP contribution in [0.25, 0.3) is 43.6 Å². The summed E-state index contributed by atoms with van der Waals surface area (Å²) in [7, 11) is 5.63. The van der Waals surface area contributed by atoms with E-state index in [1.807, 2.05) is 43.3 Å². The molecule has 37 heavy (non-hydrogen) atoms. The zero-order valence-electron chi connectivity index (χ0n) is 21.1. The highest BCUT2D eigenvalue weighted by atomic mass is 16.6. The molecule has 8 nitrogen and oxygen atoms in total. The minimum absolute atomic E-state index is 0.0579. The van der Waals surface area contributed by atoms with Crippen molar-refractivity contribution < 1.29 is 19.4 Å². The Kier molecular flexibility index (Phi) is 4.04. The highest BCUT2D eigenvalue weighted by Gasteiger charge is 2.57. The number of aliphatic hydroxyl groups is 1. The summed E-state index contributed by atoms with van der Waals surface area (Å²) in [5.41, 5.74) is 4.69. The molecular weight excluding hydrogens is 468 g/mol. The zero-order valence-corrected chi connectivity index (χ0v) is 21.1. The number of carbonyl (C=O) groups is 1. The normalized spacial score (nSPS) is 28.6. The van der Waals surface area contributed by atoms with Crippen LogP contribution in [0.1, 0.15) is 29.1 Å². The van der Waals surface area contributed by atoms with Crippen LogP contribution in [0.4, 0.5) is 0 Å². The van der Waals surface area contributed by atoms with Crippen LogP contribution in [0.15, 0.2) is 48.5 Å². The summed E-state index contributed by atoms with van der Waals surface area (Å²) in [4.78, 5) is 15.4. The first kappa shape index (κ1) is 21.6. The Labute approximate surface area is 212 Å². The van der Waals surface area contributed by atoms with Crippen molar-refractivity contribution in [3.05, 3.63) is 59.7 Å². The van der Waals surface area contributed by atoms with Gasteiger partial charge in [0.15, 0.2) is 12.0 Å². The summed E-state index contributed by atoms with van der Waals surface area (Å²) >= 11 is 0. The summed E-state index contributed by atoms with van der Waals surface area (Å²) in [6.07, 6.45) is -2.03. The van der Waals surface area contributed by atoms with Crippen LogP contribution in [0.3, 0.4) is 0 Å². The molecule has 1 fully saturated rings. The number of benzene rings is 3. The third kappa shape index (κ3) is 2.32. The van der Waals surface area contributed by atoms with E-state index >= 15 is 0 Å².